The highest BCUT2D eigenvalue weighted by Crippen LogP contribution is 2.23. The Bertz CT molecular complexity index is 492. The average Bonchev–Trinajstić information content (AvgIpc) is 2.78. The van der Waals surface area contributed by atoms with Gasteiger partial charge in [-0.25, -0.2) is 4.68 Å². The van der Waals surface area contributed by atoms with Crippen molar-refractivity contribution in [2.45, 2.75) is 45.1 Å². The van der Waals surface area contributed by atoms with Gasteiger partial charge in [0.05, 0.1) is 5.60 Å². The van der Waals surface area contributed by atoms with Crippen LogP contribution in [0.1, 0.15) is 45.4 Å². The van der Waals surface area contributed by atoms with Gasteiger partial charge in [-0.2, -0.15) is 10.1 Å². The smallest absolute Gasteiger partial charge is 0.252 e. The van der Waals surface area contributed by atoms with Gasteiger partial charge in [-0.05, 0) is 46.7 Å². The molecule has 1 aromatic heterocycles. The molecule has 0 bridgehead atoms. The van der Waals surface area contributed by atoms with Crippen molar-refractivity contribution in [3.63, 3.8) is 0 Å². The van der Waals surface area contributed by atoms with Gasteiger partial charge in [-0.1, -0.05) is 0 Å². The van der Waals surface area contributed by atoms with E-state index in [4.69, 9.17) is 4.74 Å². The third kappa shape index (κ3) is 5.55. The molecule has 8 heteroatoms. The first kappa shape index (κ1) is 18.9. The van der Waals surface area contributed by atoms with Gasteiger partial charge in [0, 0.05) is 13.0 Å². The molecule has 7 nitrogen and oxygen atoms in total. The normalized spacial score (nSPS) is 16.2. The lowest BCUT2D eigenvalue weighted by Crippen LogP contribution is -2.28. The summed E-state index contributed by atoms with van der Waals surface area (Å²) >= 11 is 0. The lowest BCUT2D eigenvalue weighted by atomic mass is 9.98. The van der Waals surface area contributed by atoms with Gasteiger partial charge in [-0.3, -0.25) is 10.1 Å². The predicted molar refractivity (Wildman–Crippen MR) is 87.4 cm³/mol. The van der Waals surface area contributed by atoms with E-state index in [1.807, 2.05) is 20.8 Å². The van der Waals surface area contributed by atoms with E-state index in [1.54, 1.807) is 11.7 Å². The first-order valence-corrected chi connectivity index (χ1v) is 7.40. The van der Waals surface area contributed by atoms with Crippen LogP contribution >= 0.6 is 12.4 Å². The van der Waals surface area contributed by atoms with Crippen LogP contribution in [-0.4, -0.2) is 46.0 Å². The number of carbonyl (C=O) groups excluding carboxylic acids is 1. The number of aryl methyl sites for hydroxylation is 1. The van der Waals surface area contributed by atoms with E-state index < -0.39 is 0 Å². The number of hydrogen-bond acceptors (Lipinski definition) is 5. The Labute approximate surface area is 137 Å². The predicted octanol–water partition coefficient (Wildman–Crippen LogP) is 1.46. The van der Waals surface area contributed by atoms with Crippen LogP contribution in [-0.2, 0) is 16.6 Å². The topological polar surface area (TPSA) is 81.1 Å². The molecule has 0 saturated carbocycles. The number of amides is 1. The Morgan fingerprint density at radius 1 is 1.41 bits per heavy atom. The number of hydrogen-bond donors (Lipinski definition) is 2. The zero-order valence-corrected chi connectivity index (χ0v) is 14.5. The van der Waals surface area contributed by atoms with E-state index in [2.05, 4.69) is 20.7 Å². The molecule has 22 heavy (non-hydrogen) atoms. The lowest BCUT2D eigenvalue weighted by Gasteiger charge is -2.19. The maximum atomic E-state index is 11.9. The van der Waals surface area contributed by atoms with Crippen LogP contribution in [0.25, 0.3) is 0 Å². The van der Waals surface area contributed by atoms with Crippen LogP contribution in [0.15, 0.2) is 0 Å². The van der Waals surface area contributed by atoms with Gasteiger partial charge in [0.1, 0.15) is 6.61 Å². The third-order valence-electron chi connectivity index (χ3n) is 3.37. The largest absolute Gasteiger partial charge is 0.366 e. The summed E-state index contributed by atoms with van der Waals surface area (Å²) in [5.41, 5.74) is -0.336. The number of rotatable bonds is 4. The van der Waals surface area contributed by atoms with Gasteiger partial charge in [0.25, 0.3) is 5.91 Å². The molecule has 0 spiro atoms. The molecule has 2 rings (SSSR count). The summed E-state index contributed by atoms with van der Waals surface area (Å²) in [4.78, 5) is 16.3. The van der Waals surface area contributed by atoms with E-state index in [0.29, 0.717) is 11.9 Å². The SMILES string of the molecule is Cl.Cn1nc(C2CCNCC2)nc1NC(=O)COC(C)(C)C. The average molecular weight is 332 g/mol. The molecule has 1 fully saturated rings. The summed E-state index contributed by atoms with van der Waals surface area (Å²) < 4.78 is 7.07. The number of piperidine rings is 1. The first-order chi connectivity index (χ1) is 9.85. The molecule has 0 aliphatic carbocycles. The maximum Gasteiger partial charge on any atom is 0.252 e. The fourth-order valence-electron chi connectivity index (χ4n) is 2.21. The molecule has 0 unspecified atom stereocenters. The van der Waals surface area contributed by atoms with Gasteiger partial charge >= 0.3 is 0 Å². The Hall–Kier alpha value is -1.18. The summed E-state index contributed by atoms with van der Waals surface area (Å²) in [5, 5.41) is 10.5. The summed E-state index contributed by atoms with van der Waals surface area (Å²) in [6, 6.07) is 0. The molecule has 0 radical (unpaired) electrons. The fraction of sp³-hybridized carbons (Fsp3) is 0.786. The molecule has 0 aromatic carbocycles. The summed E-state index contributed by atoms with van der Waals surface area (Å²) in [6.07, 6.45) is 2.06. The standard InChI is InChI=1S/C14H25N5O2.ClH/c1-14(2,3)21-9-11(20)16-13-17-12(18-19(13)4)10-5-7-15-8-6-10;/h10,15H,5-9H2,1-4H3,(H,16,17,18,20);1H. The number of ether oxygens (including phenoxy) is 1. The van der Waals surface area contributed by atoms with E-state index in [-0.39, 0.29) is 30.5 Å². The van der Waals surface area contributed by atoms with E-state index >= 15 is 0 Å². The van der Waals surface area contributed by atoms with Crippen LogP contribution < -0.4 is 10.6 Å². The Balaban J connectivity index is 0.00000242. The molecule has 1 aliphatic rings. The van der Waals surface area contributed by atoms with Gasteiger partial charge in [0.15, 0.2) is 5.82 Å². The minimum Gasteiger partial charge on any atom is -0.366 e. The minimum atomic E-state index is -0.336. The van der Waals surface area contributed by atoms with Gasteiger partial charge in [0.2, 0.25) is 5.95 Å². The molecule has 1 aliphatic heterocycles. The Morgan fingerprint density at radius 2 is 2.05 bits per heavy atom. The van der Waals surface area contributed by atoms with Crippen molar-refractivity contribution in [3.8, 4) is 0 Å². The third-order valence-corrected chi connectivity index (χ3v) is 3.37. The van der Waals surface area contributed by atoms with Crippen LogP contribution in [0, 0.1) is 0 Å². The van der Waals surface area contributed by atoms with Crippen LogP contribution in [0.4, 0.5) is 5.95 Å². The summed E-state index contributed by atoms with van der Waals surface area (Å²) in [6.45, 7) is 7.74. The summed E-state index contributed by atoms with van der Waals surface area (Å²) in [5.74, 6) is 1.45. The quantitative estimate of drug-likeness (QED) is 0.873. The molecule has 2 N–H and O–H groups in total. The molecule has 1 saturated heterocycles. The monoisotopic (exact) mass is 331 g/mol. The van der Waals surface area contributed by atoms with E-state index in [9.17, 15) is 4.79 Å². The number of nitrogens with one attached hydrogen (secondary N) is 2. The molecule has 1 amide bonds. The summed E-state index contributed by atoms with van der Waals surface area (Å²) in [7, 11) is 1.79. The zero-order chi connectivity index (χ0) is 15.5. The Morgan fingerprint density at radius 3 is 2.64 bits per heavy atom. The maximum absolute atomic E-state index is 11.9. The van der Waals surface area contributed by atoms with Crippen molar-refractivity contribution in [3.05, 3.63) is 5.82 Å². The van der Waals surface area contributed by atoms with Crippen molar-refractivity contribution < 1.29 is 9.53 Å². The van der Waals surface area contributed by atoms with Crippen LogP contribution in [0.5, 0.6) is 0 Å². The number of anilines is 1. The van der Waals surface area contributed by atoms with E-state index in [0.717, 1.165) is 31.8 Å². The first-order valence-electron chi connectivity index (χ1n) is 7.40. The van der Waals surface area contributed by atoms with Gasteiger partial charge in [-0.15, -0.1) is 12.4 Å². The number of nitrogens with zero attached hydrogens (tertiary/aromatic N) is 3. The number of carbonyl (C=O) groups is 1. The zero-order valence-electron chi connectivity index (χ0n) is 13.7. The lowest BCUT2D eigenvalue weighted by molar-refractivity contribution is -0.125. The second-order valence-electron chi connectivity index (χ2n) is 6.39. The van der Waals surface area contributed by atoms with Crippen molar-refractivity contribution in [1.29, 1.82) is 0 Å². The van der Waals surface area contributed by atoms with Crippen molar-refractivity contribution in [2.24, 2.45) is 7.05 Å². The molecular formula is C14H26ClN5O2. The number of halogens is 1. The van der Waals surface area contributed by atoms with Gasteiger partial charge < -0.3 is 10.1 Å². The molecule has 2 heterocycles. The second-order valence-corrected chi connectivity index (χ2v) is 6.39. The molecule has 126 valence electrons. The van der Waals surface area contributed by atoms with Crippen molar-refractivity contribution in [1.82, 2.24) is 20.1 Å². The van der Waals surface area contributed by atoms with Crippen LogP contribution in [0.2, 0.25) is 0 Å². The molecular weight excluding hydrogens is 306 g/mol. The molecule has 1 aromatic rings. The fourth-order valence-corrected chi connectivity index (χ4v) is 2.21. The number of aromatic nitrogens is 3. The highest BCUT2D eigenvalue weighted by atomic mass is 35.5. The highest BCUT2D eigenvalue weighted by Gasteiger charge is 2.21. The van der Waals surface area contributed by atoms with E-state index in [1.165, 1.54) is 0 Å². The van der Waals surface area contributed by atoms with Crippen LogP contribution in [0.3, 0.4) is 0 Å². The minimum absolute atomic E-state index is 0. The Kier molecular flexibility index (Phi) is 6.77. The van der Waals surface area contributed by atoms with Crippen molar-refractivity contribution in [2.75, 3.05) is 25.0 Å². The molecule has 0 atom stereocenters. The second kappa shape index (κ2) is 7.89. The highest BCUT2D eigenvalue weighted by molar-refractivity contribution is 5.90. The van der Waals surface area contributed by atoms with Crippen molar-refractivity contribution >= 4 is 24.3 Å².